The molecule has 2 N–H and O–H groups in total. The molecule has 1 aromatic carbocycles. The second-order valence-corrected chi connectivity index (χ2v) is 5.81. The molecule has 1 fully saturated rings. The Bertz CT molecular complexity index is 389. The van der Waals surface area contributed by atoms with Gasteiger partial charge < -0.3 is 15.2 Å². The van der Waals surface area contributed by atoms with Crippen LogP contribution in [0.1, 0.15) is 25.3 Å². The molecule has 1 aliphatic rings. The Balaban J connectivity index is 2.09. The molecular formula is C14H20BrNO2. The number of ether oxygens (including phenoxy) is 2. The van der Waals surface area contributed by atoms with Crippen molar-refractivity contribution in [3.8, 4) is 5.75 Å². The molecule has 0 spiro atoms. The highest BCUT2D eigenvalue weighted by Gasteiger charge is 2.17. The third-order valence-electron chi connectivity index (χ3n) is 2.98. The highest BCUT2D eigenvalue weighted by Crippen LogP contribution is 2.26. The van der Waals surface area contributed by atoms with Crippen LogP contribution in [0.2, 0.25) is 0 Å². The Morgan fingerprint density at radius 2 is 2.39 bits per heavy atom. The molecule has 0 aliphatic carbocycles. The summed E-state index contributed by atoms with van der Waals surface area (Å²) in [6.45, 7) is 3.55. The molecule has 0 aromatic heterocycles. The number of nitrogens with two attached hydrogens (primary N) is 1. The molecule has 4 heteroatoms. The van der Waals surface area contributed by atoms with Crippen molar-refractivity contribution in [2.45, 2.75) is 38.3 Å². The number of rotatable bonds is 4. The average molecular weight is 314 g/mol. The van der Waals surface area contributed by atoms with E-state index in [1.807, 2.05) is 19.1 Å². The Hall–Kier alpha value is -0.580. The second-order valence-electron chi connectivity index (χ2n) is 4.89. The first-order valence-electron chi connectivity index (χ1n) is 6.43. The maximum Gasteiger partial charge on any atom is 0.123 e. The van der Waals surface area contributed by atoms with Crippen LogP contribution in [0, 0.1) is 0 Å². The van der Waals surface area contributed by atoms with Crippen molar-refractivity contribution in [2.75, 3.05) is 13.2 Å². The van der Waals surface area contributed by atoms with Gasteiger partial charge in [-0.25, -0.2) is 0 Å². The lowest BCUT2D eigenvalue weighted by molar-refractivity contribution is 0.00702. The van der Waals surface area contributed by atoms with Gasteiger partial charge in [0, 0.05) is 17.1 Å². The fraction of sp³-hybridized carbons (Fsp3) is 0.571. The second kappa shape index (κ2) is 6.55. The SMILES string of the molecule is CC(N)Cc1cc(Br)ccc1OC1CCCOC1. The van der Waals surface area contributed by atoms with Crippen molar-refractivity contribution in [1.29, 1.82) is 0 Å². The normalized spacial score (nSPS) is 21.6. The minimum atomic E-state index is 0.129. The first kappa shape index (κ1) is 13.8. The van der Waals surface area contributed by atoms with Gasteiger partial charge in [-0.05, 0) is 49.9 Å². The smallest absolute Gasteiger partial charge is 0.123 e. The topological polar surface area (TPSA) is 44.5 Å². The van der Waals surface area contributed by atoms with Crippen LogP contribution >= 0.6 is 15.9 Å². The molecule has 1 saturated heterocycles. The molecule has 1 heterocycles. The summed E-state index contributed by atoms with van der Waals surface area (Å²) in [5.41, 5.74) is 7.04. The summed E-state index contributed by atoms with van der Waals surface area (Å²) in [4.78, 5) is 0. The summed E-state index contributed by atoms with van der Waals surface area (Å²) in [5.74, 6) is 0.936. The molecular weight excluding hydrogens is 294 g/mol. The zero-order valence-corrected chi connectivity index (χ0v) is 12.3. The van der Waals surface area contributed by atoms with Crippen molar-refractivity contribution in [2.24, 2.45) is 5.73 Å². The summed E-state index contributed by atoms with van der Waals surface area (Å²) < 4.78 is 12.5. The molecule has 3 nitrogen and oxygen atoms in total. The van der Waals surface area contributed by atoms with E-state index < -0.39 is 0 Å². The van der Waals surface area contributed by atoms with Gasteiger partial charge in [-0.3, -0.25) is 0 Å². The van der Waals surface area contributed by atoms with Crippen molar-refractivity contribution in [3.63, 3.8) is 0 Å². The largest absolute Gasteiger partial charge is 0.488 e. The number of benzene rings is 1. The van der Waals surface area contributed by atoms with E-state index in [2.05, 4.69) is 22.0 Å². The monoisotopic (exact) mass is 313 g/mol. The van der Waals surface area contributed by atoms with Crippen LogP contribution in [0.15, 0.2) is 22.7 Å². The number of halogens is 1. The Kier molecular flexibility index (Phi) is 5.03. The maximum atomic E-state index is 6.04. The van der Waals surface area contributed by atoms with Crippen LogP contribution in [-0.2, 0) is 11.2 Å². The van der Waals surface area contributed by atoms with Crippen LogP contribution in [0.5, 0.6) is 5.75 Å². The van der Waals surface area contributed by atoms with Gasteiger partial charge in [-0.15, -0.1) is 0 Å². The molecule has 1 aliphatic heterocycles. The van der Waals surface area contributed by atoms with Gasteiger partial charge in [-0.2, -0.15) is 0 Å². The summed E-state index contributed by atoms with van der Waals surface area (Å²) in [5, 5.41) is 0. The van der Waals surface area contributed by atoms with E-state index in [0.29, 0.717) is 6.61 Å². The molecule has 0 radical (unpaired) electrons. The third kappa shape index (κ3) is 3.97. The van der Waals surface area contributed by atoms with Gasteiger partial charge in [0.15, 0.2) is 0 Å². The quantitative estimate of drug-likeness (QED) is 0.929. The van der Waals surface area contributed by atoms with Crippen LogP contribution < -0.4 is 10.5 Å². The molecule has 0 amide bonds. The molecule has 1 aromatic rings. The third-order valence-corrected chi connectivity index (χ3v) is 3.47. The van der Waals surface area contributed by atoms with Crippen molar-refractivity contribution in [3.05, 3.63) is 28.2 Å². The van der Waals surface area contributed by atoms with Gasteiger partial charge in [0.2, 0.25) is 0 Å². The van der Waals surface area contributed by atoms with Crippen molar-refractivity contribution < 1.29 is 9.47 Å². The average Bonchev–Trinajstić information content (AvgIpc) is 2.33. The molecule has 2 atom stereocenters. The molecule has 0 bridgehead atoms. The van der Waals surface area contributed by atoms with E-state index in [9.17, 15) is 0 Å². The van der Waals surface area contributed by atoms with Crippen molar-refractivity contribution >= 4 is 15.9 Å². The van der Waals surface area contributed by atoms with Gasteiger partial charge >= 0.3 is 0 Å². The van der Waals surface area contributed by atoms with E-state index in [0.717, 1.165) is 41.7 Å². The van der Waals surface area contributed by atoms with Crippen LogP contribution in [0.3, 0.4) is 0 Å². The van der Waals surface area contributed by atoms with E-state index in [4.69, 9.17) is 15.2 Å². The Labute approximate surface area is 117 Å². The summed E-state index contributed by atoms with van der Waals surface area (Å²) in [6.07, 6.45) is 3.13. The Morgan fingerprint density at radius 1 is 1.56 bits per heavy atom. The maximum absolute atomic E-state index is 6.04. The fourth-order valence-corrected chi connectivity index (χ4v) is 2.56. The minimum absolute atomic E-state index is 0.129. The predicted molar refractivity (Wildman–Crippen MR) is 76.0 cm³/mol. The van der Waals surface area contributed by atoms with Crippen molar-refractivity contribution in [1.82, 2.24) is 0 Å². The fourth-order valence-electron chi connectivity index (χ4n) is 2.15. The van der Waals surface area contributed by atoms with Crippen LogP contribution in [0.4, 0.5) is 0 Å². The standard InChI is InChI=1S/C14H20BrNO2/c1-10(16)7-11-8-12(15)4-5-14(11)18-13-3-2-6-17-9-13/h4-5,8,10,13H,2-3,6-7,9,16H2,1H3. The van der Waals surface area contributed by atoms with Gasteiger partial charge in [0.05, 0.1) is 6.61 Å². The zero-order chi connectivity index (χ0) is 13.0. The first-order chi connectivity index (χ1) is 8.65. The van der Waals surface area contributed by atoms with E-state index in [1.54, 1.807) is 0 Å². The zero-order valence-electron chi connectivity index (χ0n) is 10.7. The summed E-state index contributed by atoms with van der Waals surface area (Å²) >= 11 is 3.49. The van der Waals surface area contributed by atoms with Gasteiger partial charge in [0.25, 0.3) is 0 Å². The molecule has 0 saturated carbocycles. The van der Waals surface area contributed by atoms with Crippen LogP contribution in [0.25, 0.3) is 0 Å². The molecule has 100 valence electrons. The lowest BCUT2D eigenvalue weighted by Crippen LogP contribution is -2.28. The molecule has 2 unspecified atom stereocenters. The minimum Gasteiger partial charge on any atom is -0.488 e. The first-order valence-corrected chi connectivity index (χ1v) is 7.23. The van der Waals surface area contributed by atoms with Gasteiger partial charge in [0.1, 0.15) is 11.9 Å². The lowest BCUT2D eigenvalue weighted by Gasteiger charge is -2.25. The Morgan fingerprint density at radius 3 is 3.06 bits per heavy atom. The van der Waals surface area contributed by atoms with Gasteiger partial charge in [-0.1, -0.05) is 15.9 Å². The van der Waals surface area contributed by atoms with E-state index in [-0.39, 0.29) is 12.1 Å². The highest BCUT2D eigenvalue weighted by atomic mass is 79.9. The van der Waals surface area contributed by atoms with Crippen LogP contribution in [-0.4, -0.2) is 25.4 Å². The highest BCUT2D eigenvalue weighted by molar-refractivity contribution is 9.10. The van der Waals surface area contributed by atoms with E-state index >= 15 is 0 Å². The molecule has 2 rings (SSSR count). The number of hydrogen-bond donors (Lipinski definition) is 1. The number of hydrogen-bond acceptors (Lipinski definition) is 3. The summed E-state index contributed by atoms with van der Waals surface area (Å²) in [6, 6.07) is 6.23. The molecule has 18 heavy (non-hydrogen) atoms. The summed E-state index contributed by atoms with van der Waals surface area (Å²) in [7, 11) is 0. The predicted octanol–water partition coefficient (Wildman–Crippen LogP) is 2.90. The lowest BCUT2D eigenvalue weighted by atomic mass is 10.1. The van der Waals surface area contributed by atoms with E-state index in [1.165, 1.54) is 0 Å².